The van der Waals surface area contributed by atoms with Gasteiger partial charge in [-0.15, -0.1) is 0 Å². The lowest BCUT2D eigenvalue weighted by Gasteiger charge is -1.99. The number of oxime groups is 1. The molecule has 0 saturated heterocycles. The first-order valence-corrected chi connectivity index (χ1v) is 3.30. The largest absolute Gasteiger partial charge is 0.409 e. The number of pyridine rings is 1. The number of hydrogen-bond donors (Lipinski definition) is 2. The predicted octanol–water partition coefficient (Wildman–Crippen LogP) is -0.520. The van der Waals surface area contributed by atoms with Crippen LogP contribution in [0.1, 0.15) is 5.56 Å². The van der Waals surface area contributed by atoms with Crippen molar-refractivity contribution in [3.8, 4) is 0 Å². The summed E-state index contributed by atoms with van der Waals surface area (Å²) in [6, 6.07) is 3.14. The van der Waals surface area contributed by atoms with E-state index in [4.69, 9.17) is 10.9 Å². The Labute approximate surface area is 68.7 Å². The molecule has 0 atom stereocenters. The van der Waals surface area contributed by atoms with E-state index in [1.54, 1.807) is 19.3 Å². The van der Waals surface area contributed by atoms with Gasteiger partial charge in [0, 0.05) is 13.2 Å². The monoisotopic (exact) mass is 167 g/mol. The molecule has 0 amide bonds. The van der Waals surface area contributed by atoms with E-state index >= 15 is 0 Å². The standard InChI is InChI=1S/C7H9N3O2/c1-10-4-2-3-5(7(10)11)6(8)9-12/h2-4,12H,1H3,(H2,8,9). The normalized spacial score (nSPS) is 11.6. The third kappa shape index (κ3) is 1.29. The minimum atomic E-state index is -0.284. The van der Waals surface area contributed by atoms with Gasteiger partial charge >= 0.3 is 0 Å². The van der Waals surface area contributed by atoms with E-state index in [2.05, 4.69) is 5.16 Å². The maximum atomic E-state index is 11.3. The highest BCUT2D eigenvalue weighted by Gasteiger charge is 2.04. The van der Waals surface area contributed by atoms with E-state index in [-0.39, 0.29) is 17.0 Å². The molecule has 0 unspecified atom stereocenters. The molecular formula is C7H9N3O2. The molecule has 3 N–H and O–H groups in total. The van der Waals surface area contributed by atoms with Crippen molar-refractivity contribution in [3.05, 3.63) is 34.2 Å². The molecule has 1 rings (SSSR count). The van der Waals surface area contributed by atoms with Crippen LogP contribution in [-0.2, 0) is 7.05 Å². The summed E-state index contributed by atoms with van der Waals surface area (Å²) in [5.41, 5.74) is 5.16. The van der Waals surface area contributed by atoms with Crippen molar-refractivity contribution in [2.75, 3.05) is 0 Å². The molecule has 0 aliphatic carbocycles. The summed E-state index contributed by atoms with van der Waals surface area (Å²) in [6.07, 6.45) is 1.59. The van der Waals surface area contributed by atoms with E-state index in [9.17, 15) is 4.79 Å². The maximum absolute atomic E-state index is 11.3. The SMILES string of the molecule is Cn1cccc(C(N)=NO)c1=O. The molecule has 0 radical (unpaired) electrons. The summed E-state index contributed by atoms with van der Waals surface area (Å²) in [4.78, 5) is 11.3. The zero-order valence-electron chi connectivity index (χ0n) is 6.56. The molecule has 0 fully saturated rings. The zero-order chi connectivity index (χ0) is 9.14. The van der Waals surface area contributed by atoms with E-state index in [1.165, 1.54) is 10.6 Å². The molecule has 0 saturated carbocycles. The number of rotatable bonds is 1. The van der Waals surface area contributed by atoms with Gasteiger partial charge in [-0.25, -0.2) is 0 Å². The number of nitrogens with zero attached hydrogens (tertiary/aromatic N) is 2. The number of amidine groups is 1. The summed E-state index contributed by atoms with van der Waals surface area (Å²) in [6.45, 7) is 0. The van der Waals surface area contributed by atoms with Crippen LogP contribution in [0.15, 0.2) is 28.3 Å². The Morgan fingerprint density at radius 1 is 1.75 bits per heavy atom. The van der Waals surface area contributed by atoms with Crippen LogP contribution >= 0.6 is 0 Å². The molecule has 1 aromatic rings. The van der Waals surface area contributed by atoms with Gasteiger partial charge < -0.3 is 15.5 Å². The molecule has 12 heavy (non-hydrogen) atoms. The van der Waals surface area contributed by atoms with Gasteiger partial charge in [-0.1, -0.05) is 5.16 Å². The van der Waals surface area contributed by atoms with Crippen molar-refractivity contribution < 1.29 is 5.21 Å². The third-order valence-corrected chi connectivity index (χ3v) is 1.51. The molecule has 1 aromatic heterocycles. The van der Waals surface area contributed by atoms with Crippen LogP contribution in [-0.4, -0.2) is 15.6 Å². The van der Waals surface area contributed by atoms with Gasteiger partial charge in [0.1, 0.15) is 0 Å². The van der Waals surface area contributed by atoms with Crippen molar-refractivity contribution in [1.82, 2.24) is 4.57 Å². The number of aryl methyl sites for hydroxylation is 1. The van der Waals surface area contributed by atoms with Crippen LogP contribution in [0.4, 0.5) is 0 Å². The van der Waals surface area contributed by atoms with Crippen molar-refractivity contribution in [2.45, 2.75) is 0 Å². The average Bonchev–Trinajstić information content (AvgIpc) is 2.08. The fourth-order valence-corrected chi connectivity index (χ4v) is 0.846. The van der Waals surface area contributed by atoms with Crippen LogP contribution in [0, 0.1) is 0 Å². The zero-order valence-corrected chi connectivity index (χ0v) is 6.56. The topological polar surface area (TPSA) is 80.6 Å². The van der Waals surface area contributed by atoms with Crippen LogP contribution in [0.25, 0.3) is 0 Å². The summed E-state index contributed by atoms with van der Waals surface area (Å²) >= 11 is 0. The van der Waals surface area contributed by atoms with Gasteiger partial charge in [0.25, 0.3) is 5.56 Å². The van der Waals surface area contributed by atoms with Crippen LogP contribution in [0.3, 0.4) is 0 Å². The molecule has 0 aliphatic rings. The third-order valence-electron chi connectivity index (χ3n) is 1.51. The van der Waals surface area contributed by atoms with Crippen LogP contribution in [0.5, 0.6) is 0 Å². The van der Waals surface area contributed by atoms with Crippen LogP contribution < -0.4 is 11.3 Å². The van der Waals surface area contributed by atoms with Gasteiger partial charge in [0.2, 0.25) is 0 Å². The second-order valence-corrected chi connectivity index (χ2v) is 2.32. The highest BCUT2D eigenvalue weighted by atomic mass is 16.4. The van der Waals surface area contributed by atoms with Crippen molar-refractivity contribution in [3.63, 3.8) is 0 Å². The lowest BCUT2D eigenvalue weighted by molar-refractivity contribution is 0.318. The van der Waals surface area contributed by atoms with Gasteiger partial charge in [-0.3, -0.25) is 4.79 Å². The quantitative estimate of drug-likeness (QED) is 0.255. The predicted molar refractivity (Wildman–Crippen MR) is 44.2 cm³/mol. The number of aromatic nitrogens is 1. The first-order valence-electron chi connectivity index (χ1n) is 3.30. The van der Waals surface area contributed by atoms with Gasteiger partial charge in [-0.2, -0.15) is 0 Å². The molecule has 0 aromatic carbocycles. The van der Waals surface area contributed by atoms with Crippen molar-refractivity contribution in [1.29, 1.82) is 0 Å². The van der Waals surface area contributed by atoms with Gasteiger partial charge in [0.05, 0.1) is 5.56 Å². The fraction of sp³-hybridized carbons (Fsp3) is 0.143. The Balaban J connectivity index is 3.36. The molecule has 0 aliphatic heterocycles. The average molecular weight is 167 g/mol. The molecule has 64 valence electrons. The summed E-state index contributed by atoms with van der Waals surface area (Å²) in [5.74, 6) is -0.170. The van der Waals surface area contributed by atoms with Gasteiger partial charge in [-0.05, 0) is 12.1 Å². The second-order valence-electron chi connectivity index (χ2n) is 2.32. The van der Waals surface area contributed by atoms with E-state index in [0.29, 0.717) is 0 Å². The lowest BCUT2D eigenvalue weighted by Crippen LogP contribution is -2.28. The number of nitrogens with two attached hydrogens (primary N) is 1. The Kier molecular flexibility index (Phi) is 2.14. The minimum Gasteiger partial charge on any atom is -0.409 e. The van der Waals surface area contributed by atoms with E-state index < -0.39 is 0 Å². The van der Waals surface area contributed by atoms with Crippen molar-refractivity contribution in [2.24, 2.45) is 17.9 Å². The summed E-state index contributed by atoms with van der Waals surface area (Å²) in [7, 11) is 1.59. The lowest BCUT2D eigenvalue weighted by atomic mass is 10.2. The smallest absolute Gasteiger partial charge is 0.261 e. The molecular weight excluding hydrogens is 158 g/mol. The molecule has 0 bridgehead atoms. The Hall–Kier alpha value is -1.78. The molecule has 5 nitrogen and oxygen atoms in total. The summed E-state index contributed by atoms with van der Waals surface area (Å²) in [5, 5.41) is 11.1. The molecule has 1 heterocycles. The maximum Gasteiger partial charge on any atom is 0.261 e. The Bertz CT molecular complexity index is 367. The fourth-order valence-electron chi connectivity index (χ4n) is 0.846. The van der Waals surface area contributed by atoms with E-state index in [0.717, 1.165) is 0 Å². The highest BCUT2D eigenvalue weighted by Crippen LogP contribution is 1.89. The Morgan fingerprint density at radius 2 is 2.42 bits per heavy atom. The van der Waals surface area contributed by atoms with Crippen LogP contribution in [0.2, 0.25) is 0 Å². The highest BCUT2D eigenvalue weighted by molar-refractivity contribution is 5.96. The van der Waals surface area contributed by atoms with E-state index in [1.807, 2.05) is 0 Å². The Morgan fingerprint density at radius 3 is 3.00 bits per heavy atom. The number of hydrogen-bond acceptors (Lipinski definition) is 3. The van der Waals surface area contributed by atoms with Gasteiger partial charge in [0.15, 0.2) is 5.84 Å². The minimum absolute atomic E-state index is 0.170. The molecule has 0 spiro atoms. The van der Waals surface area contributed by atoms with Crippen molar-refractivity contribution >= 4 is 5.84 Å². The summed E-state index contributed by atoms with van der Waals surface area (Å²) < 4.78 is 1.35. The first kappa shape index (κ1) is 8.32. The molecule has 5 heteroatoms. The second kappa shape index (κ2) is 3.08. The first-order chi connectivity index (χ1) is 5.66.